The summed E-state index contributed by atoms with van der Waals surface area (Å²) in [5, 5.41) is 9.31. The van der Waals surface area contributed by atoms with Gasteiger partial charge in [0.05, 0.1) is 4.90 Å². The molecular weight excluding hydrogens is 228 g/mol. The first-order valence-corrected chi connectivity index (χ1v) is 6.58. The fraction of sp³-hybridized carbons (Fsp3) is 0.455. The molecule has 0 aliphatic carbocycles. The van der Waals surface area contributed by atoms with E-state index in [4.69, 9.17) is 4.55 Å². The quantitative estimate of drug-likeness (QED) is 0.796. The molecule has 0 aromatic heterocycles. The van der Waals surface area contributed by atoms with Crippen LogP contribution in [0.1, 0.15) is 25.8 Å². The Morgan fingerprint density at radius 2 is 2.00 bits per heavy atom. The number of phenols is 1. The first kappa shape index (κ1) is 13.0. The molecule has 0 bridgehead atoms. The minimum atomic E-state index is -4.22. The Kier molecular flexibility index (Phi) is 3.93. The van der Waals surface area contributed by atoms with E-state index in [0.29, 0.717) is 17.9 Å². The van der Waals surface area contributed by atoms with Crippen molar-refractivity contribution in [3.8, 4) is 5.75 Å². The summed E-state index contributed by atoms with van der Waals surface area (Å²) in [6.07, 6.45) is 1.42. The van der Waals surface area contributed by atoms with Gasteiger partial charge in [0, 0.05) is 0 Å². The number of rotatable bonds is 4. The predicted octanol–water partition coefficient (Wildman–Crippen LogP) is 2.23. The molecule has 16 heavy (non-hydrogen) atoms. The van der Waals surface area contributed by atoms with Crippen LogP contribution in [0.5, 0.6) is 5.75 Å². The summed E-state index contributed by atoms with van der Waals surface area (Å²) in [7, 11) is -4.22. The number of phenolic OH excluding ortho intramolecular Hbond substituents is 1. The lowest BCUT2D eigenvalue weighted by Crippen LogP contribution is -2.06. The van der Waals surface area contributed by atoms with Crippen LogP contribution in [0.15, 0.2) is 23.1 Å². The number of benzene rings is 1. The van der Waals surface area contributed by atoms with Crippen molar-refractivity contribution in [2.75, 3.05) is 0 Å². The minimum Gasteiger partial charge on any atom is -0.508 e. The smallest absolute Gasteiger partial charge is 0.294 e. The highest BCUT2D eigenvalue weighted by atomic mass is 32.2. The van der Waals surface area contributed by atoms with Gasteiger partial charge in [-0.1, -0.05) is 20.3 Å². The highest BCUT2D eigenvalue weighted by molar-refractivity contribution is 7.85. The van der Waals surface area contributed by atoms with Gasteiger partial charge in [-0.3, -0.25) is 4.55 Å². The Balaban J connectivity index is 3.19. The van der Waals surface area contributed by atoms with Gasteiger partial charge in [-0.05, 0) is 36.1 Å². The predicted molar refractivity (Wildman–Crippen MR) is 61.1 cm³/mol. The maximum atomic E-state index is 11.1. The second kappa shape index (κ2) is 4.84. The molecule has 0 aliphatic heterocycles. The van der Waals surface area contributed by atoms with E-state index in [1.807, 2.05) is 13.8 Å². The van der Waals surface area contributed by atoms with Gasteiger partial charge in [0.25, 0.3) is 10.1 Å². The fourth-order valence-electron chi connectivity index (χ4n) is 1.50. The van der Waals surface area contributed by atoms with Crippen LogP contribution in [0.4, 0.5) is 0 Å². The highest BCUT2D eigenvalue weighted by Gasteiger charge is 2.17. The van der Waals surface area contributed by atoms with E-state index in [2.05, 4.69) is 0 Å². The molecule has 1 rings (SSSR count). The molecule has 0 aliphatic rings. The van der Waals surface area contributed by atoms with Gasteiger partial charge >= 0.3 is 0 Å². The molecule has 0 heterocycles. The number of hydrogen-bond donors (Lipinski definition) is 2. The number of hydrogen-bond acceptors (Lipinski definition) is 3. The summed E-state index contributed by atoms with van der Waals surface area (Å²) in [6, 6.07) is 3.86. The van der Waals surface area contributed by atoms with Gasteiger partial charge < -0.3 is 5.11 Å². The van der Waals surface area contributed by atoms with Crippen LogP contribution in [0.3, 0.4) is 0 Å². The first-order valence-electron chi connectivity index (χ1n) is 5.14. The summed E-state index contributed by atoms with van der Waals surface area (Å²) in [5.41, 5.74) is 0.455. The Labute approximate surface area is 95.7 Å². The normalized spacial score (nSPS) is 13.7. The summed E-state index contributed by atoms with van der Waals surface area (Å²) >= 11 is 0. The molecule has 0 radical (unpaired) electrons. The van der Waals surface area contributed by atoms with Crippen LogP contribution >= 0.6 is 0 Å². The Morgan fingerprint density at radius 1 is 1.38 bits per heavy atom. The molecular formula is C11H16O4S. The van der Waals surface area contributed by atoms with E-state index in [0.717, 1.165) is 6.42 Å². The Bertz CT molecular complexity index is 465. The summed E-state index contributed by atoms with van der Waals surface area (Å²) < 4.78 is 31.3. The third-order valence-corrected chi connectivity index (χ3v) is 3.54. The van der Waals surface area contributed by atoms with E-state index in [-0.39, 0.29) is 10.6 Å². The standard InChI is InChI=1S/C11H16O4S/c1-3-8(2)6-9-7-10(12)4-5-11(9)16(13,14)15/h4-5,7-8,12H,3,6H2,1-2H3,(H,13,14,15). The molecule has 0 spiro atoms. The van der Waals surface area contributed by atoms with Gasteiger partial charge in [-0.25, -0.2) is 0 Å². The Morgan fingerprint density at radius 3 is 2.50 bits per heavy atom. The van der Waals surface area contributed by atoms with E-state index in [1.54, 1.807) is 0 Å². The van der Waals surface area contributed by atoms with Gasteiger partial charge in [0.2, 0.25) is 0 Å². The van der Waals surface area contributed by atoms with Crippen LogP contribution in [0.2, 0.25) is 0 Å². The SMILES string of the molecule is CCC(C)Cc1cc(O)ccc1S(=O)(=O)O. The van der Waals surface area contributed by atoms with Crippen molar-refractivity contribution < 1.29 is 18.1 Å². The van der Waals surface area contributed by atoms with E-state index in [9.17, 15) is 13.5 Å². The van der Waals surface area contributed by atoms with Crippen LogP contribution < -0.4 is 0 Å². The van der Waals surface area contributed by atoms with Gasteiger partial charge in [-0.15, -0.1) is 0 Å². The molecule has 0 saturated heterocycles. The van der Waals surface area contributed by atoms with Crippen molar-refractivity contribution in [3.63, 3.8) is 0 Å². The molecule has 4 nitrogen and oxygen atoms in total. The van der Waals surface area contributed by atoms with E-state index in [1.165, 1.54) is 18.2 Å². The molecule has 0 amide bonds. The van der Waals surface area contributed by atoms with Crippen molar-refractivity contribution in [1.29, 1.82) is 0 Å². The lowest BCUT2D eigenvalue weighted by molar-refractivity contribution is 0.467. The van der Waals surface area contributed by atoms with Crippen LogP contribution in [-0.4, -0.2) is 18.1 Å². The lowest BCUT2D eigenvalue weighted by Gasteiger charge is -2.11. The molecule has 90 valence electrons. The summed E-state index contributed by atoms with van der Waals surface area (Å²) in [6.45, 7) is 3.98. The molecule has 0 saturated carbocycles. The maximum Gasteiger partial charge on any atom is 0.294 e. The third-order valence-electron chi connectivity index (χ3n) is 2.59. The number of aromatic hydroxyl groups is 1. The van der Waals surface area contributed by atoms with Crippen LogP contribution in [0.25, 0.3) is 0 Å². The van der Waals surface area contributed by atoms with Crippen molar-refractivity contribution in [2.24, 2.45) is 5.92 Å². The zero-order valence-corrected chi connectivity index (χ0v) is 10.2. The Hall–Kier alpha value is -1.07. The van der Waals surface area contributed by atoms with Gasteiger partial charge in [0.15, 0.2) is 0 Å². The zero-order chi connectivity index (χ0) is 12.3. The first-order chi connectivity index (χ1) is 7.34. The van der Waals surface area contributed by atoms with Crippen molar-refractivity contribution in [2.45, 2.75) is 31.6 Å². The van der Waals surface area contributed by atoms with Crippen molar-refractivity contribution in [1.82, 2.24) is 0 Å². The monoisotopic (exact) mass is 244 g/mol. The molecule has 1 aromatic rings. The molecule has 1 unspecified atom stereocenters. The molecule has 1 aromatic carbocycles. The topological polar surface area (TPSA) is 74.6 Å². The molecule has 2 N–H and O–H groups in total. The van der Waals surface area contributed by atoms with Crippen LogP contribution in [-0.2, 0) is 16.5 Å². The van der Waals surface area contributed by atoms with E-state index >= 15 is 0 Å². The second-order valence-electron chi connectivity index (χ2n) is 3.98. The third kappa shape index (κ3) is 3.21. The second-order valence-corrected chi connectivity index (χ2v) is 5.37. The van der Waals surface area contributed by atoms with Crippen LogP contribution in [0, 0.1) is 5.92 Å². The molecule has 1 atom stereocenters. The van der Waals surface area contributed by atoms with Gasteiger partial charge in [-0.2, -0.15) is 8.42 Å². The molecule has 0 fully saturated rings. The summed E-state index contributed by atoms with van der Waals surface area (Å²) in [5.74, 6) is 0.299. The maximum absolute atomic E-state index is 11.1. The molecule has 5 heteroatoms. The average molecular weight is 244 g/mol. The average Bonchev–Trinajstić information content (AvgIpc) is 2.15. The lowest BCUT2D eigenvalue weighted by atomic mass is 9.99. The zero-order valence-electron chi connectivity index (χ0n) is 9.34. The summed E-state index contributed by atoms with van der Waals surface area (Å²) in [4.78, 5) is -0.120. The minimum absolute atomic E-state index is 0.00528. The fourth-order valence-corrected chi connectivity index (χ4v) is 2.21. The largest absolute Gasteiger partial charge is 0.508 e. The van der Waals surface area contributed by atoms with Crippen molar-refractivity contribution in [3.05, 3.63) is 23.8 Å². The van der Waals surface area contributed by atoms with E-state index < -0.39 is 10.1 Å². The van der Waals surface area contributed by atoms with Crippen molar-refractivity contribution >= 4 is 10.1 Å². The highest BCUT2D eigenvalue weighted by Crippen LogP contribution is 2.24. The van der Waals surface area contributed by atoms with Gasteiger partial charge in [0.1, 0.15) is 5.75 Å².